The summed E-state index contributed by atoms with van der Waals surface area (Å²) in [4.78, 5) is 24.2. The minimum Gasteiger partial charge on any atom is -0.481 e. The summed E-state index contributed by atoms with van der Waals surface area (Å²) in [5, 5.41) is 9.20. The minimum atomic E-state index is -0.998. The first-order valence-electron chi connectivity index (χ1n) is 5.75. The smallest absolute Gasteiger partial charge is 0.308 e. The van der Waals surface area contributed by atoms with Crippen molar-refractivity contribution in [2.45, 2.75) is 18.9 Å². The standard InChI is InChI=1S/C13H14FNO3/c1-15-11(16)7-6-9(13(17)18)12(15)8-4-2-3-5-10(8)14/h2-5,9,12H,6-7H2,1H3,(H,17,18)/t9-,12+/m0/s1. The summed E-state index contributed by atoms with van der Waals surface area (Å²) < 4.78 is 13.8. The monoisotopic (exact) mass is 251 g/mol. The van der Waals surface area contributed by atoms with Crippen LogP contribution in [0.3, 0.4) is 0 Å². The number of hydrogen-bond donors (Lipinski definition) is 1. The number of aliphatic carboxylic acids is 1. The van der Waals surface area contributed by atoms with Gasteiger partial charge in [-0.25, -0.2) is 4.39 Å². The van der Waals surface area contributed by atoms with E-state index >= 15 is 0 Å². The largest absolute Gasteiger partial charge is 0.481 e. The zero-order valence-electron chi connectivity index (χ0n) is 9.97. The molecule has 0 bridgehead atoms. The van der Waals surface area contributed by atoms with Gasteiger partial charge in [-0.15, -0.1) is 0 Å². The maximum absolute atomic E-state index is 13.8. The summed E-state index contributed by atoms with van der Waals surface area (Å²) in [7, 11) is 1.52. The molecule has 18 heavy (non-hydrogen) atoms. The van der Waals surface area contributed by atoms with Gasteiger partial charge in [0.1, 0.15) is 5.82 Å². The number of benzene rings is 1. The highest BCUT2D eigenvalue weighted by Gasteiger charge is 2.39. The van der Waals surface area contributed by atoms with Crippen LogP contribution in [0, 0.1) is 11.7 Å². The van der Waals surface area contributed by atoms with E-state index in [1.165, 1.54) is 24.1 Å². The molecule has 1 fully saturated rings. The molecule has 1 N–H and O–H groups in total. The molecule has 0 aromatic heterocycles. The molecule has 4 nitrogen and oxygen atoms in total. The van der Waals surface area contributed by atoms with Gasteiger partial charge in [0.05, 0.1) is 12.0 Å². The number of piperidine rings is 1. The number of carbonyl (C=O) groups is 2. The van der Waals surface area contributed by atoms with Gasteiger partial charge in [-0.1, -0.05) is 18.2 Å². The number of carboxylic acid groups (broad SMARTS) is 1. The van der Waals surface area contributed by atoms with Crippen LogP contribution in [0.1, 0.15) is 24.4 Å². The van der Waals surface area contributed by atoms with Crippen molar-refractivity contribution in [2.24, 2.45) is 5.92 Å². The number of carboxylic acids is 1. The molecule has 1 aromatic carbocycles. The van der Waals surface area contributed by atoms with E-state index in [2.05, 4.69) is 0 Å². The number of amides is 1. The van der Waals surface area contributed by atoms with Gasteiger partial charge in [0.15, 0.2) is 0 Å². The lowest BCUT2D eigenvalue weighted by atomic mass is 9.84. The van der Waals surface area contributed by atoms with Gasteiger partial charge in [0.25, 0.3) is 0 Å². The van der Waals surface area contributed by atoms with Gasteiger partial charge in [-0.2, -0.15) is 0 Å². The van der Waals surface area contributed by atoms with Crippen molar-refractivity contribution in [2.75, 3.05) is 7.05 Å². The fraction of sp³-hybridized carbons (Fsp3) is 0.385. The molecule has 5 heteroatoms. The maximum atomic E-state index is 13.8. The van der Waals surface area contributed by atoms with Gasteiger partial charge < -0.3 is 10.0 Å². The molecule has 1 aliphatic heterocycles. The topological polar surface area (TPSA) is 57.6 Å². The Morgan fingerprint density at radius 1 is 1.44 bits per heavy atom. The van der Waals surface area contributed by atoms with Crippen LogP contribution in [-0.4, -0.2) is 28.9 Å². The normalized spacial score (nSPS) is 24.1. The van der Waals surface area contributed by atoms with Crippen molar-refractivity contribution in [1.82, 2.24) is 4.90 Å². The van der Waals surface area contributed by atoms with Crippen molar-refractivity contribution in [3.8, 4) is 0 Å². The van der Waals surface area contributed by atoms with Crippen molar-refractivity contribution >= 4 is 11.9 Å². The quantitative estimate of drug-likeness (QED) is 0.872. The van der Waals surface area contributed by atoms with Gasteiger partial charge in [-0.05, 0) is 12.5 Å². The number of likely N-dealkylation sites (tertiary alicyclic amines) is 1. The van der Waals surface area contributed by atoms with E-state index in [1.54, 1.807) is 12.1 Å². The molecule has 0 saturated carbocycles. The zero-order chi connectivity index (χ0) is 13.3. The average molecular weight is 251 g/mol. The Kier molecular flexibility index (Phi) is 3.32. The summed E-state index contributed by atoms with van der Waals surface area (Å²) in [6.45, 7) is 0. The maximum Gasteiger partial charge on any atom is 0.308 e. The number of carbonyl (C=O) groups excluding carboxylic acids is 1. The molecule has 1 saturated heterocycles. The van der Waals surface area contributed by atoms with E-state index in [0.29, 0.717) is 0 Å². The van der Waals surface area contributed by atoms with Crippen molar-refractivity contribution < 1.29 is 19.1 Å². The Labute approximate surface area is 104 Å². The van der Waals surface area contributed by atoms with E-state index in [9.17, 15) is 19.1 Å². The molecule has 1 aliphatic rings. The second-order valence-electron chi connectivity index (χ2n) is 4.45. The van der Waals surface area contributed by atoms with E-state index in [-0.39, 0.29) is 24.3 Å². The minimum absolute atomic E-state index is 0.152. The van der Waals surface area contributed by atoms with Crippen LogP contribution >= 0.6 is 0 Å². The third kappa shape index (κ3) is 2.08. The molecule has 0 aliphatic carbocycles. The lowest BCUT2D eigenvalue weighted by Crippen LogP contribution is -2.43. The van der Waals surface area contributed by atoms with E-state index < -0.39 is 23.7 Å². The summed E-state index contributed by atoms with van der Waals surface area (Å²) in [5.74, 6) is -2.39. The number of hydrogen-bond acceptors (Lipinski definition) is 2. The molecule has 0 spiro atoms. The third-order valence-corrected chi connectivity index (χ3v) is 3.40. The summed E-state index contributed by atoms with van der Waals surface area (Å²) >= 11 is 0. The highest BCUT2D eigenvalue weighted by atomic mass is 19.1. The average Bonchev–Trinajstić information content (AvgIpc) is 2.33. The van der Waals surface area contributed by atoms with Crippen LogP contribution in [0.2, 0.25) is 0 Å². The summed E-state index contributed by atoms with van der Waals surface area (Å²) in [6, 6.07) is 5.26. The first-order chi connectivity index (χ1) is 8.52. The third-order valence-electron chi connectivity index (χ3n) is 3.40. The molecule has 1 aromatic rings. The Hall–Kier alpha value is -1.91. The summed E-state index contributed by atoms with van der Waals surface area (Å²) in [6.07, 6.45) is 0.440. The summed E-state index contributed by atoms with van der Waals surface area (Å²) in [5.41, 5.74) is 0.264. The second-order valence-corrected chi connectivity index (χ2v) is 4.45. The molecule has 1 amide bonds. The van der Waals surface area contributed by atoms with Crippen molar-refractivity contribution in [1.29, 1.82) is 0 Å². The lowest BCUT2D eigenvalue weighted by Gasteiger charge is -2.37. The van der Waals surface area contributed by atoms with E-state index in [1.807, 2.05) is 0 Å². The molecule has 1 heterocycles. The van der Waals surface area contributed by atoms with E-state index in [0.717, 1.165) is 0 Å². The first kappa shape index (κ1) is 12.5. The van der Waals surface area contributed by atoms with Crippen molar-refractivity contribution in [3.63, 3.8) is 0 Å². The highest BCUT2D eigenvalue weighted by Crippen LogP contribution is 2.36. The Morgan fingerprint density at radius 3 is 2.72 bits per heavy atom. The first-order valence-corrected chi connectivity index (χ1v) is 5.75. The molecule has 2 atom stereocenters. The van der Waals surface area contributed by atoms with Gasteiger partial charge in [0.2, 0.25) is 5.91 Å². The zero-order valence-corrected chi connectivity index (χ0v) is 9.97. The van der Waals surface area contributed by atoms with Gasteiger partial charge in [0, 0.05) is 19.0 Å². The molecular formula is C13H14FNO3. The second kappa shape index (κ2) is 4.76. The van der Waals surface area contributed by atoms with Crippen LogP contribution in [0.5, 0.6) is 0 Å². The van der Waals surface area contributed by atoms with E-state index in [4.69, 9.17) is 0 Å². The van der Waals surface area contributed by atoms with Crippen LogP contribution in [0.4, 0.5) is 4.39 Å². The number of halogens is 1. The Balaban J connectivity index is 2.44. The van der Waals surface area contributed by atoms with Crippen LogP contribution in [0.15, 0.2) is 24.3 Å². The van der Waals surface area contributed by atoms with Crippen LogP contribution < -0.4 is 0 Å². The molecule has 0 radical (unpaired) electrons. The van der Waals surface area contributed by atoms with Crippen LogP contribution in [-0.2, 0) is 9.59 Å². The molecule has 2 rings (SSSR count). The molecule has 96 valence electrons. The van der Waals surface area contributed by atoms with Gasteiger partial charge in [-0.3, -0.25) is 9.59 Å². The lowest BCUT2D eigenvalue weighted by molar-refractivity contribution is -0.150. The predicted octanol–water partition coefficient (Wildman–Crippen LogP) is 1.82. The highest BCUT2D eigenvalue weighted by molar-refractivity contribution is 5.81. The predicted molar refractivity (Wildman–Crippen MR) is 62.3 cm³/mol. The molecular weight excluding hydrogens is 237 g/mol. The molecule has 0 unspecified atom stereocenters. The van der Waals surface area contributed by atoms with Crippen LogP contribution in [0.25, 0.3) is 0 Å². The van der Waals surface area contributed by atoms with Gasteiger partial charge >= 0.3 is 5.97 Å². The Bertz CT molecular complexity index is 489. The Morgan fingerprint density at radius 2 is 2.11 bits per heavy atom. The van der Waals surface area contributed by atoms with Crippen molar-refractivity contribution in [3.05, 3.63) is 35.6 Å². The fourth-order valence-corrected chi connectivity index (χ4v) is 2.44. The number of nitrogens with zero attached hydrogens (tertiary/aromatic N) is 1. The fourth-order valence-electron chi connectivity index (χ4n) is 2.44. The number of rotatable bonds is 2. The SMILES string of the molecule is CN1C(=O)CC[C@H](C(=O)O)[C@H]1c1ccccc1F.